The first kappa shape index (κ1) is 87.3. The van der Waals surface area contributed by atoms with E-state index >= 15 is 0 Å². The topological polar surface area (TPSA) is 303 Å². The molecule has 0 bridgehead atoms. The first-order valence-corrected chi connectivity index (χ1v) is 33.7. The number of carbonyl (C=O) groups is 9. The Morgan fingerprint density at radius 3 is 0.874 bits per heavy atom. The standard InChI is InChI=1S/C19H29N3O9S2.C15H26O6S3.C11H20O4S.C11H22O2S/c1-2-3-14(23)29-9-6-20-17(26)21(7-10-30-15(24)4-12-32)19(28)22(18(20)27)8-11-31-16(25)5-13-33;1-2-15(9-19-12(16)3-6-22,10-20-13(17)4-7-23)11-21-14(18)5-8-24;1-2-5-10(12)14-7-3-4-8-15-11(13)6-9-16;1-3-5-6-10(4-2)9-13-11(12)7-8-14/h32-33H,2-13H2,1H3;22-24H,2-11H2,1H3;16H,2-9H2,1H3;10,14H,3-9H2,1-2H3. The van der Waals surface area contributed by atoms with Crippen molar-refractivity contribution in [1.82, 2.24) is 13.7 Å². The summed E-state index contributed by atoms with van der Waals surface area (Å²) < 4.78 is 47.8. The second-order valence-electron chi connectivity index (χ2n) is 18.9. The molecule has 504 valence electrons. The summed E-state index contributed by atoms with van der Waals surface area (Å²) in [4.78, 5) is 141. The molecule has 1 atom stereocenters. The number of rotatable bonds is 45. The highest BCUT2D eigenvalue weighted by Crippen LogP contribution is 2.25. The summed E-state index contributed by atoms with van der Waals surface area (Å²) in [5.74, 6) is 0.0485. The largest absolute Gasteiger partial charge is 0.466 e. The van der Waals surface area contributed by atoms with Crippen molar-refractivity contribution in [3.63, 3.8) is 0 Å². The molecule has 1 aromatic heterocycles. The molecule has 0 spiro atoms. The van der Waals surface area contributed by atoms with Gasteiger partial charge in [-0.25, -0.2) is 28.1 Å². The Morgan fingerprint density at radius 1 is 0.356 bits per heavy atom. The summed E-state index contributed by atoms with van der Waals surface area (Å²) in [6.07, 6.45) is 10.1. The summed E-state index contributed by atoms with van der Waals surface area (Å²) in [6, 6.07) is 0. The molecule has 0 radical (unpaired) electrons. The molecule has 1 heterocycles. The van der Waals surface area contributed by atoms with Gasteiger partial charge in [-0.15, -0.1) is 0 Å². The van der Waals surface area contributed by atoms with Gasteiger partial charge in [0.2, 0.25) is 0 Å². The lowest BCUT2D eigenvalue weighted by Gasteiger charge is -2.31. The fourth-order valence-corrected chi connectivity index (χ4v) is 7.80. The van der Waals surface area contributed by atoms with Crippen molar-refractivity contribution in [2.75, 3.05) is 99.7 Å². The van der Waals surface area contributed by atoms with E-state index < -0.39 is 58.3 Å². The number of unbranched alkanes of at least 4 members (excludes halogenated alkanes) is 2. The Morgan fingerprint density at radius 2 is 0.621 bits per heavy atom. The van der Waals surface area contributed by atoms with Gasteiger partial charge in [0.15, 0.2) is 0 Å². The SMILES string of the molecule is CCC(COC(=O)CCS)(COC(=O)CCS)COC(=O)CCS.CCCC(=O)OCCCCOC(=O)CCS.CCCC(=O)OCCn1c(=O)n(CCOC(=O)CCS)c(=O)n(CCOC(=O)CCS)c1=O.CCCCC(CC)COC(=O)CCS. The minimum absolute atomic E-state index is 0.00157. The molecule has 0 aromatic carbocycles. The van der Waals surface area contributed by atoms with Crippen LogP contribution in [0.2, 0.25) is 0 Å². The summed E-state index contributed by atoms with van der Waals surface area (Å²) >= 11 is 27.7. The Balaban J connectivity index is -0.00000115. The highest BCUT2D eigenvalue weighted by Gasteiger charge is 2.34. The van der Waals surface area contributed by atoms with Crippen LogP contribution in [0.4, 0.5) is 0 Å². The third-order valence-corrected chi connectivity index (χ3v) is 13.3. The molecule has 0 aliphatic rings. The molecule has 1 aromatic rings. The van der Waals surface area contributed by atoms with Gasteiger partial charge < -0.3 is 42.6 Å². The highest BCUT2D eigenvalue weighted by molar-refractivity contribution is 7.81. The van der Waals surface area contributed by atoms with Crippen LogP contribution in [0.3, 0.4) is 0 Å². The van der Waals surface area contributed by atoms with Crippen LogP contribution in [0.25, 0.3) is 0 Å². The lowest BCUT2D eigenvalue weighted by Crippen LogP contribution is -2.55. The van der Waals surface area contributed by atoms with Crippen molar-refractivity contribution in [1.29, 1.82) is 0 Å². The zero-order valence-electron chi connectivity index (χ0n) is 51.3. The molecule has 31 heteroatoms. The van der Waals surface area contributed by atoms with Gasteiger partial charge in [0, 0.05) is 53.1 Å². The van der Waals surface area contributed by atoms with E-state index in [9.17, 15) is 57.5 Å². The van der Waals surface area contributed by atoms with Gasteiger partial charge in [0.1, 0.15) is 39.6 Å². The van der Waals surface area contributed by atoms with Crippen LogP contribution in [0.5, 0.6) is 0 Å². The monoisotopic (exact) mass is 1370 g/mol. The molecule has 0 amide bonds. The number of nitrogens with zero attached hydrogens (tertiary/aromatic N) is 3. The summed E-state index contributed by atoms with van der Waals surface area (Å²) in [6.45, 7) is 9.60. The Labute approximate surface area is 550 Å². The van der Waals surface area contributed by atoms with Crippen molar-refractivity contribution in [3.8, 4) is 0 Å². The fourth-order valence-electron chi connectivity index (χ4n) is 6.52. The number of carbonyl (C=O) groups excluding carboxylic acids is 9. The van der Waals surface area contributed by atoms with Gasteiger partial charge in [0.25, 0.3) is 0 Å². The van der Waals surface area contributed by atoms with Gasteiger partial charge in [0.05, 0.1) is 89.8 Å². The smallest absolute Gasteiger partial charge is 0.336 e. The first-order chi connectivity index (χ1) is 41.6. The lowest BCUT2D eigenvalue weighted by atomic mass is 9.88. The molecule has 0 saturated carbocycles. The van der Waals surface area contributed by atoms with Crippen molar-refractivity contribution in [3.05, 3.63) is 31.5 Å². The Bertz CT molecular complexity index is 2050. The minimum atomic E-state index is -0.945. The predicted octanol–water partition coefficient (Wildman–Crippen LogP) is 6.25. The zero-order chi connectivity index (χ0) is 66.3. The average Bonchev–Trinajstić information content (AvgIpc) is 1.10. The van der Waals surface area contributed by atoms with E-state index in [1.165, 1.54) is 19.3 Å². The second-order valence-corrected chi connectivity index (χ2v) is 22.0. The van der Waals surface area contributed by atoms with Crippen molar-refractivity contribution in [2.45, 2.75) is 170 Å². The molecule has 0 N–H and O–H groups in total. The molecular formula is C56H97N3O21S7. The van der Waals surface area contributed by atoms with E-state index in [0.717, 1.165) is 39.4 Å². The third-order valence-electron chi connectivity index (χ3n) is 11.7. The molecule has 24 nitrogen and oxygen atoms in total. The molecule has 0 aliphatic heterocycles. The maximum absolute atomic E-state index is 12.8. The molecule has 87 heavy (non-hydrogen) atoms. The van der Waals surface area contributed by atoms with Gasteiger partial charge >= 0.3 is 70.8 Å². The quantitative estimate of drug-likeness (QED) is 0.0164. The van der Waals surface area contributed by atoms with Gasteiger partial charge in [-0.2, -0.15) is 88.4 Å². The number of ether oxygens (including phenoxy) is 9. The van der Waals surface area contributed by atoms with Crippen molar-refractivity contribution in [2.24, 2.45) is 11.3 Å². The lowest BCUT2D eigenvalue weighted by molar-refractivity contribution is -0.162. The fraction of sp³-hybridized carbons (Fsp3) is 0.786. The van der Waals surface area contributed by atoms with Crippen LogP contribution < -0.4 is 17.1 Å². The Hall–Kier alpha value is -3.91. The van der Waals surface area contributed by atoms with E-state index in [-0.39, 0.29) is 127 Å². The Kier molecular flexibility index (Phi) is 58.7. The third kappa shape index (κ3) is 46.8. The number of aromatic nitrogens is 3. The number of hydrogen-bond acceptors (Lipinski definition) is 28. The maximum Gasteiger partial charge on any atom is 0.336 e. The van der Waals surface area contributed by atoms with Gasteiger partial charge in [-0.05, 0) is 44.4 Å². The van der Waals surface area contributed by atoms with E-state index in [0.29, 0.717) is 86.6 Å². The van der Waals surface area contributed by atoms with Crippen molar-refractivity contribution < 1.29 is 85.8 Å². The van der Waals surface area contributed by atoms with E-state index in [1.807, 2.05) is 13.8 Å². The summed E-state index contributed by atoms with van der Waals surface area (Å²) in [5.41, 5.74) is -3.60. The van der Waals surface area contributed by atoms with Crippen LogP contribution >= 0.6 is 88.4 Å². The number of thiol groups is 7. The molecule has 0 aliphatic carbocycles. The van der Waals surface area contributed by atoms with Crippen LogP contribution in [0, 0.1) is 11.3 Å². The maximum atomic E-state index is 12.8. The molecule has 1 unspecified atom stereocenters. The normalized spacial score (nSPS) is 10.9. The number of hydrogen-bond donors (Lipinski definition) is 7. The molecule has 0 saturated heterocycles. The number of esters is 9. The van der Waals surface area contributed by atoms with Crippen LogP contribution in [0.1, 0.15) is 150 Å². The van der Waals surface area contributed by atoms with Crippen LogP contribution in [-0.4, -0.2) is 167 Å². The molecular weight excluding hydrogens is 1280 g/mol. The highest BCUT2D eigenvalue weighted by atomic mass is 32.1. The molecule has 1 rings (SSSR count). The average molecular weight is 1370 g/mol. The zero-order valence-corrected chi connectivity index (χ0v) is 57.5. The van der Waals surface area contributed by atoms with Crippen LogP contribution in [0.15, 0.2) is 14.4 Å². The summed E-state index contributed by atoms with van der Waals surface area (Å²) in [7, 11) is 0. The van der Waals surface area contributed by atoms with Gasteiger partial charge in [-0.3, -0.25) is 43.2 Å². The van der Waals surface area contributed by atoms with E-state index in [2.05, 4.69) is 102 Å². The summed E-state index contributed by atoms with van der Waals surface area (Å²) in [5, 5.41) is 0. The first-order valence-electron chi connectivity index (χ1n) is 29.2. The van der Waals surface area contributed by atoms with Crippen molar-refractivity contribution >= 4 is 142 Å². The second kappa shape index (κ2) is 58.5. The van der Waals surface area contributed by atoms with Crippen LogP contribution in [-0.2, 0) is 105 Å². The van der Waals surface area contributed by atoms with E-state index in [4.69, 9.17) is 42.6 Å². The predicted molar refractivity (Wildman–Crippen MR) is 352 cm³/mol. The van der Waals surface area contributed by atoms with E-state index in [1.54, 1.807) is 6.92 Å². The van der Waals surface area contributed by atoms with Gasteiger partial charge in [-0.1, -0.05) is 53.9 Å². The molecule has 0 fully saturated rings. The minimum Gasteiger partial charge on any atom is -0.466 e.